The Morgan fingerprint density at radius 2 is 1.47 bits per heavy atom. The average Bonchev–Trinajstić information content (AvgIpc) is 3.30. The highest BCUT2D eigenvalue weighted by atomic mass is 32.1. The maximum Gasteiger partial charge on any atom is 0.222 e. The van der Waals surface area contributed by atoms with E-state index in [2.05, 4.69) is 60.7 Å². The molecule has 1 aromatic heterocycles. The lowest BCUT2D eigenvalue weighted by Gasteiger charge is -2.34. The fourth-order valence-electron chi connectivity index (χ4n) is 4.90. The molecular formula is C31H30O4S. The minimum absolute atomic E-state index is 0.325. The quantitative estimate of drug-likeness (QED) is 0.193. The molecule has 1 heterocycles. The number of hydrogen-bond donors (Lipinski definition) is 0. The molecule has 5 rings (SSSR count). The fraction of sp³-hybridized carbons (Fsp3) is 0.226. The Balaban J connectivity index is 1.73. The SMILES string of the molecule is CCOC(C)Oc1ccc(C(OC)(OC)c2ccc3sc4ccccc4c3c2-c2ccccc2)cc1. The van der Waals surface area contributed by atoms with Gasteiger partial charge in [0, 0.05) is 52.1 Å². The number of ether oxygens (including phenoxy) is 4. The van der Waals surface area contributed by atoms with Crippen molar-refractivity contribution in [3.8, 4) is 16.9 Å². The average molecular weight is 499 g/mol. The maximum absolute atomic E-state index is 6.23. The number of hydrogen-bond acceptors (Lipinski definition) is 5. The molecular weight excluding hydrogens is 468 g/mol. The van der Waals surface area contributed by atoms with Crippen molar-refractivity contribution in [3.63, 3.8) is 0 Å². The summed E-state index contributed by atoms with van der Waals surface area (Å²) in [5.74, 6) is -0.393. The van der Waals surface area contributed by atoms with Crippen LogP contribution in [-0.2, 0) is 20.0 Å². The van der Waals surface area contributed by atoms with E-state index in [-0.39, 0.29) is 6.29 Å². The Bertz CT molecular complexity index is 1450. The van der Waals surface area contributed by atoms with Gasteiger partial charge in [0.15, 0.2) is 6.29 Å². The number of thiophene rings is 1. The van der Waals surface area contributed by atoms with Crippen LogP contribution < -0.4 is 4.74 Å². The third-order valence-electron chi connectivity index (χ3n) is 6.47. The molecule has 0 aliphatic rings. The highest BCUT2D eigenvalue weighted by Gasteiger charge is 2.38. The molecule has 0 fully saturated rings. The van der Waals surface area contributed by atoms with E-state index in [0.29, 0.717) is 6.61 Å². The molecule has 5 aromatic rings. The van der Waals surface area contributed by atoms with Crippen LogP contribution in [0.1, 0.15) is 25.0 Å². The second kappa shape index (κ2) is 10.4. The van der Waals surface area contributed by atoms with Crippen molar-refractivity contribution in [1.29, 1.82) is 0 Å². The van der Waals surface area contributed by atoms with E-state index in [1.54, 1.807) is 25.6 Å². The zero-order chi connectivity index (χ0) is 25.1. The van der Waals surface area contributed by atoms with Crippen molar-refractivity contribution in [1.82, 2.24) is 0 Å². The Morgan fingerprint density at radius 1 is 0.778 bits per heavy atom. The summed E-state index contributed by atoms with van der Waals surface area (Å²) in [6.45, 7) is 4.43. The van der Waals surface area contributed by atoms with Gasteiger partial charge in [0.25, 0.3) is 0 Å². The molecule has 0 aliphatic heterocycles. The molecule has 184 valence electrons. The van der Waals surface area contributed by atoms with Crippen LogP contribution in [0, 0.1) is 0 Å². The first-order chi connectivity index (χ1) is 17.6. The van der Waals surface area contributed by atoms with E-state index in [0.717, 1.165) is 28.0 Å². The van der Waals surface area contributed by atoms with Crippen molar-refractivity contribution < 1.29 is 18.9 Å². The summed E-state index contributed by atoms with van der Waals surface area (Å²) < 4.78 is 26.4. The molecule has 0 aliphatic carbocycles. The largest absolute Gasteiger partial charge is 0.465 e. The third kappa shape index (κ3) is 4.29. The van der Waals surface area contributed by atoms with Crippen LogP contribution in [0.3, 0.4) is 0 Å². The van der Waals surface area contributed by atoms with Gasteiger partial charge in [-0.1, -0.05) is 54.6 Å². The van der Waals surface area contributed by atoms with Gasteiger partial charge in [-0.25, -0.2) is 0 Å². The van der Waals surface area contributed by atoms with Crippen LogP contribution in [0.15, 0.2) is 91.0 Å². The van der Waals surface area contributed by atoms with Gasteiger partial charge < -0.3 is 18.9 Å². The molecule has 1 unspecified atom stereocenters. The first kappa shape index (κ1) is 24.5. The van der Waals surface area contributed by atoms with Gasteiger partial charge in [0.1, 0.15) is 5.75 Å². The highest BCUT2D eigenvalue weighted by Crippen LogP contribution is 2.47. The van der Waals surface area contributed by atoms with Crippen molar-refractivity contribution in [3.05, 3.63) is 102 Å². The van der Waals surface area contributed by atoms with E-state index in [4.69, 9.17) is 18.9 Å². The first-order valence-electron chi connectivity index (χ1n) is 12.1. The van der Waals surface area contributed by atoms with Gasteiger partial charge in [0.2, 0.25) is 5.79 Å². The molecule has 4 aromatic carbocycles. The fourth-order valence-corrected chi connectivity index (χ4v) is 6.02. The molecule has 0 saturated heterocycles. The molecule has 5 heteroatoms. The monoisotopic (exact) mass is 498 g/mol. The van der Waals surface area contributed by atoms with Crippen LogP contribution in [-0.4, -0.2) is 27.1 Å². The number of benzene rings is 4. The van der Waals surface area contributed by atoms with Gasteiger partial charge in [-0.2, -0.15) is 0 Å². The van der Waals surface area contributed by atoms with Crippen molar-refractivity contribution >= 4 is 31.5 Å². The van der Waals surface area contributed by atoms with E-state index >= 15 is 0 Å². The van der Waals surface area contributed by atoms with Crippen molar-refractivity contribution in [2.24, 2.45) is 0 Å². The lowest BCUT2D eigenvalue weighted by molar-refractivity contribution is -0.183. The predicted octanol–water partition coefficient (Wildman–Crippen LogP) is 7.98. The number of rotatable bonds is 9. The Labute approximate surface area is 216 Å². The highest BCUT2D eigenvalue weighted by molar-refractivity contribution is 7.25. The smallest absolute Gasteiger partial charge is 0.222 e. The Kier molecular flexibility index (Phi) is 7.08. The van der Waals surface area contributed by atoms with E-state index in [9.17, 15) is 0 Å². The molecule has 36 heavy (non-hydrogen) atoms. The Morgan fingerprint density at radius 3 is 2.17 bits per heavy atom. The summed E-state index contributed by atoms with van der Waals surface area (Å²) in [5.41, 5.74) is 4.05. The van der Waals surface area contributed by atoms with Crippen LogP contribution >= 0.6 is 11.3 Å². The summed E-state index contributed by atoms with van der Waals surface area (Å²) in [4.78, 5) is 0. The first-order valence-corrected chi connectivity index (χ1v) is 12.9. The molecule has 0 spiro atoms. The van der Waals surface area contributed by atoms with Crippen LogP contribution in [0.2, 0.25) is 0 Å². The normalized spacial score (nSPS) is 12.8. The third-order valence-corrected chi connectivity index (χ3v) is 7.61. The minimum atomic E-state index is -1.12. The van der Waals surface area contributed by atoms with Crippen LogP contribution in [0.4, 0.5) is 0 Å². The molecule has 0 radical (unpaired) electrons. The summed E-state index contributed by atoms with van der Waals surface area (Å²) in [6, 6.07) is 31.2. The van der Waals surface area contributed by atoms with Crippen LogP contribution in [0.5, 0.6) is 5.75 Å². The lowest BCUT2D eigenvalue weighted by Crippen LogP contribution is -2.33. The van der Waals surface area contributed by atoms with Gasteiger partial charge in [-0.05, 0) is 61.4 Å². The molecule has 0 N–H and O–H groups in total. The molecule has 1 atom stereocenters. The molecule has 4 nitrogen and oxygen atoms in total. The number of methoxy groups -OCH3 is 2. The predicted molar refractivity (Wildman–Crippen MR) is 148 cm³/mol. The van der Waals surface area contributed by atoms with E-state index in [1.165, 1.54) is 20.2 Å². The molecule has 0 bridgehead atoms. The second-order valence-electron chi connectivity index (χ2n) is 8.52. The molecule has 0 saturated carbocycles. The lowest BCUT2D eigenvalue weighted by atomic mass is 9.87. The van der Waals surface area contributed by atoms with Crippen molar-refractivity contribution in [2.75, 3.05) is 20.8 Å². The van der Waals surface area contributed by atoms with Crippen LogP contribution in [0.25, 0.3) is 31.3 Å². The summed E-state index contributed by atoms with van der Waals surface area (Å²) in [6.07, 6.45) is -0.325. The Hall–Kier alpha value is -3.22. The molecule has 0 amide bonds. The summed E-state index contributed by atoms with van der Waals surface area (Å²) in [5, 5.41) is 2.44. The minimum Gasteiger partial charge on any atom is -0.465 e. The summed E-state index contributed by atoms with van der Waals surface area (Å²) >= 11 is 1.80. The maximum atomic E-state index is 6.23. The van der Waals surface area contributed by atoms with Gasteiger partial charge in [-0.15, -0.1) is 11.3 Å². The van der Waals surface area contributed by atoms with Crippen molar-refractivity contribution in [2.45, 2.75) is 25.9 Å². The summed E-state index contributed by atoms with van der Waals surface area (Å²) in [7, 11) is 3.38. The van der Waals surface area contributed by atoms with Gasteiger partial charge in [-0.3, -0.25) is 0 Å². The van der Waals surface area contributed by atoms with E-state index < -0.39 is 5.79 Å². The number of fused-ring (bicyclic) bond motifs is 3. The standard InChI is InChI=1S/C31H30O4S/c1-5-34-21(2)35-24-17-15-23(16-18-24)31(32-3,33-4)26-19-20-28-30(25-13-9-10-14-27(25)36-28)29(26)22-11-7-6-8-12-22/h6-21H,5H2,1-4H3. The van der Waals surface area contributed by atoms with Gasteiger partial charge in [0.05, 0.1) is 0 Å². The van der Waals surface area contributed by atoms with Gasteiger partial charge >= 0.3 is 0 Å². The topological polar surface area (TPSA) is 36.9 Å². The second-order valence-corrected chi connectivity index (χ2v) is 9.60. The zero-order valence-electron chi connectivity index (χ0n) is 21.0. The zero-order valence-corrected chi connectivity index (χ0v) is 21.8. The van der Waals surface area contributed by atoms with E-state index in [1.807, 2.05) is 44.2 Å².